The van der Waals surface area contributed by atoms with Crippen LogP contribution in [0.4, 0.5) is 10.5 Å². The normalized spacial score (nSPS) is 10.4. The molecule has 5 nitrogen and oxygen atoms in total. The molecule has 0 atom stereocenters. The molecule has 3 N–H and O–H groups in total. The van der Waals surface area contributed by atoms with Crippen LogP contribution in [0.15, 0.2) is 60.7 Å². The average molecular weight is 296 g/mol. The van der Waals surface area contributed by atoms with E-state index < -0.39 is 11.9 Å². The second kappa shape index (κ2) is 7.75. The summed E-state index contributed by atoms with van der Waals surface area (Å²) in [4.78, 5) is 23.7. The first kappa shape index (κ1) is 15.5. The van der Waals surface area contributed by atoms with Crippen molar-refractivity contribution in [2.75, 3.05) is 11.9 Å². The Hall–Kier alpha value is -2.92. The van der Waals surface area contributed by atoms with Crippen molar-refractivity contribution in [3.63, 3.8) is 0 Å². The highest BCUT2D eigenvalue weighted by molar-refractivity contribution is 6.07. The van der Waals surface area contributed by atoms with Crippen LogP contribution in [0.25, 0.3) is 6.08 Å². The Kier molecular flexibility index (Phi) is 5.45. The first-order valence-corrected chi connectivity index (χ1v) is 6.74. The Balaban J connectivity index is 1.97. The van der Waals surface area contributed by atoms with Gasteiger partial charge in [0.2, 0.25) is 0 Å². The molecule has 0 saturated heterocycles. The molecule has 2 rings (SSSR count). The van der Waals surface area contributed by atoms with E-state index in [1.54, 1.807) is 60.7 Å². The Morgan fingerprint density at radius 3 is 2.55 bits per heavy atom. The molecule has 3 amide bonds. The van der Waals surface area contributed by atoms with Crippen molar-refractivity contribution in [2.45, 2.75) is 0 Å². The van der Waals surface area contributed by atoms with Crippen molar-refractivity contribution < 1.29 is 14.7 Å². The van der Waals surface area contributed by atoms with E-state index in [2.05, 4.69) is 10.6 Å². The predicted molar refractivity (Wildman–Crippen MR) is 85.5 cm³/mol. The maximum atomic E-state index is 11.8. The summed E-state index contributed by atoms with van der Waals surface area (Å²) in [6.45, 7) is -0.0519. The number of anilines is 1. The molecule has 0 spiro atoms. The molecule has 0 heterocycles. The molecule has 2 aromatic rings. The SMILES string of the molecule is O=C(NC(=O)c1ccccc1)Nc1cccc(/C=C/CO)c1. The second-order valence-electron chi connectivity index (χ2n) is 4.48. The number of urea groups is 1. The average Bonchev–Trinajstić information content (AvgIpc) is 2.54. The first-order chi connectivity index (χ1) is 10.7. The molecular weight excluding hydrogens is 280 g/mol. The minimum Gasteiger partial charge on any atom is -0.392 e. The highest BCUT2D eigenvalue weighted by Gasteiger charge is 2.09. The minimum atomic E-state index is -0.600. The van der Waals surface area contributed by atoms with Gasteiger partial charge in [0, 0.05) is 11.3 Å². The summed E-state index contributed by atoms with van der Waals surface area (Å²) in [7, 11) is 0. The molecular formula is C17H16N2O3. The van der Waals surface area contributed by atoms with Gasteiger partial charge in [0.1, 0.15) is 0 Å². The number of imide groups is 1. The largest absolute Gasteiger partial charge is 0.392 e. The number of aliphatic hydroxyl groups excluding tert-OH is 1. The number of rotatable bonds is 4. The summed E-state index contributed by atoms with van der Waals surface area (Å²) in [5.41, 5.74) is 1.80. The number of carbonyl (C=O) groups excluding carboxylic acids is 2. The summed E-state index contributed by atoms with van der Waals surface area (Å²) < 4.78 is 0. The zero-order valence-electron chi connectivity index (χ0n) is 11.8. The van der Waals surface area contributed by atoms with Crippen LogP contribution in [0.2, 0.25) is 0 Å². The predicted octanol–water partition coefficient (Wildman–Crippen LogP) is 2.65. The van der Waals surface area contributed by atoms with Crippen molar-refractivity contribution in [1.82, 2.24) is 5.32 Å². The lowest BCUT2D eigenvalue weighted by atomic mass is 10.2. The van der Waals surface area contributed by atoms with Crippen LogP contribution in [0, 0.1) is 0 Å². The zero-order chi connectivity index (χ0) is 15.8. The van der Waals surface area contributed by atoms with Gasteiger partial charge in [-0.3, -0.25) is 10.1 Å². The number of benzene rings is 2. The summed E-state index contributed by atoms with van der Waals surface area (Å²) in [6.07, 6.45) is 3.33. The number of aliphatic hydroxyl groups is 1. The Morgan fingerprint density at radius 1 is 1.05 bits per heavy atom. The Bertz CT molecular complexity index is 681. The van der Waals surface area contributed by atoms with Crippen LogP contribution in [0.3, 0.4) is 0 Å². The fraction of sp³-hybridized carbons (Fsp3) is 0.0588. The molecule has 0 saturated carbocycles. The van der Waals surface area contributed by atoms with E-state index in [1.165, 1.54) is 0 Å². The topological polar surface area (TPSA) is 78.4 Å². The molecule has 2 aromatic carbocycles. The van der Waals surface area contributed by atoms with Gasteiger partial charge in [-0.25, -0.2) is 4.79 Å². The van der Waals surface area contributed by atoms with Gasteiger partial charge in [-0.1, -0.05) is 42.5 Å². The van der Waals surface area contributed by atoms with E-state index in [4.69, 9.17) is 5.11 Å². The molecule has 0 aliphatic heterocycles. The van der Waals surface area contributed by atoms with Crippen molar-refractivity contribution >= 4 is 23.7 Å². The molecule has 0 fully saturated rings. The summed E-state index contributed by atoms with van der Waals surface area (Å²) >= 11 is 0. The lowest BCUT2D eigenvalue weighted by Crippen LogP contribution is -2.34. The third kappa shape index (κ3) is 4.57. The van der Waals surface area contributed by atoms with Crippen LogP contribution < -0.4 is 10.6 Å². The lowest BCUT2D eigenvalue weighted by Gasteiger charge is -2.07. The molecule has 5 heteroatoms. The van der Waals surface area contributed by atoms with Crippen LogP contribution >= 0.6 is 0 Å². The van der Waals surface area contributed by atoms with E-state index in [1.807, 2.05) is 6.07 Å². The van der Waals surface area contributed by atoms with Gasteiger partial charge in [-0.05, 0) is 29.8 Å². The van der Waals surface area contributed by atoms with Crippen molar-refractivity contribution in [3.05, 3.63) is 71.8 Å². The molecule has 0 aliphatic carbocycles. The van der Waals surface area contributed by atoms with Gasteiger partial charge >= 0.3 is 6.03 Å². The van der Waals surface area contributed by atoms with Crippen molar-refractivity contribution in [2.24, 2.45) is 0 Å². The quantitative estimate of drug-likeness (QED) is 0.811. The highest BCUT2D eigenvalue weighted by Crippen LogP contribution is 2.12. The smallest absolute Gasteiger partial charge is 0.326 e. The lowest BCUT2D eigenvalue weighted by molar-refractivity contribution is 0.0967. The molecule has 0 unspecified atom stereocenters. The fourth-order valence-electron chi connectivity index (χ4n) is 1.84. The molecule has 0 aromatic heterocycles. The number of nitrogens with one attached hydrogen (secondary N) is 2. The zero-order valence-corrected chi connectivity index (χ0v) is 11.8. The second-order valence-corrected chi connectivity index (χ2v) is 4.48. The van der Waals surface area contributed by atoms with E-state index >= 15 is 0 Å². The van der Waals surface area contributed by atoms with Gasteiger partial charge in [0.05, 0.1) is 6.61 Å². The molecule has 0 aliphatic rings. The first-order valence-electron chi connectivity index (χ1n) is 6.74. The number of hydrogen-bond acceptors (Lipinski definition) is 3. The van der Waals surface area contributed by atoms with Crippen LogP contribution in [0.1, 0.15) is 15.9 Å². The summed E-state index contributed by atoms with van der Waals surface area (Å²) in [5, 5.41) is 13.6. The van der Waals surface area contributed by atoms with E-state index in [-0.39, 0.29) is 6.61 Å². The number of hydrogen-bond donors (Lipinski definition) is 3. The van der Waals surface area contributed by atoms with E-state index in [9.17, 15) is 9.59 Å². The van der Waals surface area contributed by atoms with E-state index in [0.717, 1.165) is 5.56 Å². The van der Waals surface area contributed by atoms with Crippen LogP contribution in [-0.2, 0) is 0 Å². The van der Waals surface area contributed by atoms with Gasteiger partial charge in [0.15, 0.2) is 0 Å². The Labute approximate surface area is 128 Å². The minimum absolute atomic E-state index is 0.0519. The van der Waals surface area contributed by atoms with Gasteiger partial charge < -0.3 is 10.4 Å². The third-order valence-corrected chi connectivity index (χ3v) is 2.82. The molecule has 22 heavy (non-hydrogen) atoms. The monoisotopic (exact) mass is 296 g/mol. The van der Waals surface area contributed by atoms with Gasteiger partial charge in [0.25, 0.3) is 5.91 Å². The summed E-state index contributed by atoms with van der Waals surface area (Å²) in [5.74, 6) is -0.463. The Morgan fingerprint density at radius 2 is 1.82 bits per heavy atom. The third-order valence-electron chi connectivity index (χ3n) is 2.82. The molecule has 112 valence electrons. The van der Waals surface area contributed by atoms with Crippen LogP contribution in [0.5, 0.6) is 0 Å². The molecule has 0 radical (unpaired) electrons. The molecule has 0 bridgehead atoms. The standard InChI is InChI=1S/C17H16N2O3/c20-11-5-7-13-6-4-10-15(12-13)18-17(22)19-16(21)14-8-2-1-3-9-14/h1-10,12,20H,11H2,(H2,18,19,21,22)/b7-5+. The van der Waals surface area contributed by atoms with Gasteiger partial charge in [-0.2, -0.15) is 0 Å². The van der Waals surface area contributed by atoms with E-state index in [0.29, 0.717) is 11.3 Å². The van der Waals surface area contributed by atoms with Gasteiger partial charge in [-0.15, -0.1) is 0 Å². The fourth-order valence-corrected chi connectivity index (χ4v) is 1.84. The number of carbonyl (C=O) groups is 2. The maximum Gasteiger partial charge on any atom is 0.326 e. The highest BCUT2D eigenvalue weighted by atomic mass is 16.2. The summed E-state index contributed by atoms with van der Waals surface area (Å²) in [6, 6.07) is 15.0. The van der Waals surface area contributed by atoms with Crippen molar-refractivity contribution in [3.8, 4) is 0 Å². The maximum absolute atomic E-state index is 11.8. The van der Waals surface area contributed by atoms with Crippen LogP contribution in [-0.4, -0.2) is 23.7 Å². The van der Waals surface area contributed by atoms with Crippen molar-refractivity contribution in [1.29, 1.82) is 0 Å². The number of amides is 3.